The number of allylic oxidation sites excluding steroid dienone is 1. The Hall–Kier alpha value is -2.16. The standard InChI is InChI=1S/C31H42F2O/c1-3-5-7-8-9-10-11-23-34-29-22-21-28(30(32)31(29)33)27-19-17-26(18-20-27)25-15-13-24(14-16-25)12-6-4-2/h4,17-22,24-25H,2-3,5-16,23H2,1H3. The van der Waals surface area contributed by atoms with Crippen molar-refractivity contribution in [2.24, 2.45) is 5.92 Å². The van der Waals surface area contributed by atoms with Gasteiger partial charge in [0.25, 0.3) is 0 Å². The molecule has 0 aromatic heterocycles. The highest BCUT2D eigenvalue weighted by atomic mass is 19.2. The Morgan fingerprint density at radius 2 is 1.53 bits per heavy atom. The molecular formula is C31H42F2O. The average Bonchev–Trinajstić information content (AvgIpc) is 2.87. The molecule has 1 aliphatic rings. The monoisotopic (exact) mass is 468 g/mol. The van der Waals surface area contributed by atoms with Gasteiger partial charge in [-0.1, -0.05) is 75.8 Å². The van der Waals surface area contributed by atoms with Crippen molar-refractivity contribution < 1.29 is 13.5 Å². The highest BCUT2D eigenvalue weighted by molar-refractivity contribution is 5.65. The van der Waals surface area contributed by atoms with Gasteiger partial charge in [-0.2, -0.15) is 4.39 Å². The molecule has 0 radical (unpaired) electrons. The summed E-state index contributed by atoms with van der Waals surface area (Å²) in [7, 11) is 0. The van der Waals surface area contributed by atoms with E-state index in [-0.39, 0.29) is 5.75 Å². The molecule has 0 spiro atoms. The Balaban J connectivity index is 1.51. The smallest absolute Gasteiger partial charge is 0.201 e. The Morgan fingerprint density at radius 1 is 0.853 bits per heavy atom. The fourth-order valence-electron chi connectivity index (χ4n) is 5.18. The van der Waals surface area contributed by atoms with Crippen molar-refractivity contribution >= 4 is 0 Å². The van der Waals surface area contributed by atoms with E-state index in [1.54, 1.807) is 12.1 Å². The van der Waals surface area contributed by atoms with Crippen molar-refractivity contribution in [1.29, 1.82) is 0 Å². The zero-order valence-electron chi connectivity index (χ0n) is 21.0. The largest absolute Gasteiger partial charge is 0.490 e. The zero-order chi connectivity index (χ0) is 24.2. The third kappa shape index (κ3) is 7.68. The summed E-state index contributed by atoms with van der Waals surface area (Å²) in [6, 6.07) is 11.2. The first-order valence-electron chi connectivity index (χ1n) is 13.5. The number of ether oxygens (including phenoxy) is 1. The van der Waals surface area contributed by atoms with Crippen LogP contribution < -0.4 is 4.74 Å². The number of rotatable bonds is 14. The molecule has 34 heavy (non-hydrogen) atoms. The molecular weight excluding hydrogens is 426 g/mol. The number of hydrogen-bond acceptors (Lipinski definition) is 1. The molecule has 2 aromatic carbocycles. The maximum atomic E-state index is 14.8. The first-order chi connectivity index (χ1) is 16.6. The van der Waals surface area contributed by atoms with Gasteiger partial charge in [0.2, 0.25) is 5.82 Å². The van der Waals surface area contributed by atoms with Crippen LogP contribution in [-0.2, 0) is 0 Å². The number of benzene rings is 2. The second-order valence-corrected chi connectivity index (χ2v) is 9.91. The van der Waals surface area contributed by atoms with Crippen molar-refractivity contribution in [2.75, 3.05) is 6.61 Å². The normalized spacial score (nSPS) is 18.1. The molecule has 1 saturated carbocycles. The summed E-state index contributed by atoms with van der Waals surface area (Å²) >= 11 is 0. The molecule has 0 bridgehead atoms. The summed E-state index contributed by atoms with van der Waals surface area (Å²) in [5.74, 6) is -0.317. The molecule has 0 unspecified atom stereocenters. The molecule has 0 N–H and O–H groups in total. The summed E-state index contributed by atoms with van der Waals surface area (Å²) in [6.45, 7) is 6.46. The molecule has 3 rings (SSSR count). The van der Waals surface area contributed by atoms with Crippen molar-refractivity contribution in [2.45, 2.75) is 96.3 Å². The lowest BCUT2D eigenvalue weighted by molar-refractivity contribution is 0.285. The molecule has 2 aromatic rings. The van der Waals surface area contributed by atoms with Crippen LogP contribution in [0.4, 0.5) is 8.78 Å². The average molecular weight is 469 g/mol. The number of halogens is 2. The summed E-state index contributed by atoms with van der Waals surface area (Å²) in [5, 5.41) is 0. The summed E-state index contributed by atoms with van der Waals surface area (Å²) in [6.07, 6.45) is 17.4. The van der Waals surface area contributed by atoms with E-state index in [0.717, 1.165) is 25.2 Å². The van der Waals surface area contributed by atoms with Crippen LogP contribution in [0.1, 0.15) is 102 Å². The maximum absolute atomic E-state index is 14.8. The molecule has 0 heterocycles. The van der Waals surface area contributed by atoms with Gasteiger partial charge in [0.05, 0.1) is 6.61 Å². The summed E-state index contributed by atoms with van der Waals surface area (Å²) in [5.41, 5.74) is 2.31. The lowest BCUT2D eigenvalue weighted by atomic mass is 9.77. The molecule has 3 heteroatoms. The summed E-state index contributed by atoms with van der Waals surface area (Å²) < 4.78 is 35.0. The molecule has 0 amide bonds. The fraction of sp³-hybridized carbons (Fsp3) is 0.548. The molecule has 1 nitrogen and oxygen atoms in total. The van der Waals surface area contributed by atoms with Crippen LogP contribution in [0.3, 0.4) is 0 Å². The number of hydrogen-bond donors (Lipinski definition) is 0. The van der Waals surface area contributed by atoms with Crippen molar-refractivity contribution in [3.63, 3.8) is 0 Å². The van der Waals surface area contributed by atoms with E-state index in [4.69, 9.17) is 4.74 Å². The highest BCUT2D eigenvalue weighted by Crippen LogP contribution is 2.38. The van der Waals surface area contributed by atoms with Gasteiger partial charge in [0.1, 0.15) is 0 Å². The third-order valence-corrected chi connectivity index (χ3v) is 7.37. The minimum Gasteiger partial charge on any atom is -0.490 e. The predicted molar refractivity (Wildman–Crippen MR) is 139 cm³/mol. The van der Waals surface area contributed by atoms with E-state index < -0.39 is 11.6 Å². The van der Waals surface area contributed by atoms with Gasteiger partial charge in [0.15, 0.2) is 11.6 Å². The fourth-order valence-corrected chi connectivity index (χ4v) is 5.18. The molecule has 186 valence electrons. The Labute approximate surface area is 205 Å². The topological polar surface area (TPSA) is 9.23 Å². The van der Waals surface area contributed by atoms with Gasteiger partial charge in [-0.05, 0) is 80.0 Å². The Bertz CT molecular complexity index is 866. The van der Waals surface area contributed by atoms with Gasteiger partial charge in [-0.25, -0.2) is 4.39 Å². The third-order valence-electron chi connectivity index (χ3n) is 7.37. The van der Waals surface area contributed by atoms with Crippen LogP contribution in [-0.4, -0.2) is 6.61 Å². The van der Waals surface area contributed by atoms with E-state index in [1.165, 1.54) is 69.8 Å². The lowest BCUT2D eigenvalue weighted by Gasteiger charge is -2.28. The van der Waals surface area contributed by atoms with Crippen molar-refractivity contribution in [3.8, 4) is 16.9 Å². The molecule has 0 aliphatic heterocycles. The minimum atomic E-state index is -0.887. The molecule has 0 saturated heterocycles. The Kier molecular flexibility index (Phi) is 11.1. The van der Waals surface area contributed by atoms with Crippen molar-refractivity contribution in [1.82, 2.24) is 0 Å². The van der Waals surface area contributed by atoms with Crippen LogP contribution in [0, 0.1) is 17.6 Å². The highest BCUT2D eigenvalue weighted by Gasteiger charge is 2.22. The van der Waals surface area contributed by atoms with Gasteiger partial charge in [-0.3, -0.25) is 0 Å². The summed E-state index contributed by atoms with van der Waals surface area (Å²) in [4.78, 5) is 0. The van der Waals surface area contributed by atoms with Gasteiger partial charge in [-0.15, -0.1) is 6.58 Å². The first kappa shape index (κ1) is 26.4. The predicted octanol–water partition coefficient (Wildman–Crippen LogP) is 10.0. The molecule has 1 aliphatic carbocycles. The van der Waals surface area contributed by atoms with E-state index in [0.29, 0.717) is 23.7 Å². The van der Waals surface area contributed by atoms with Gasteiger partial charge < -0.3 is 4.74 Å². The van der Waals surface area contributed by atoms with Gasteiger partial charge >= 0.3 is 0 Å². The van der Waals surface area contributed by atoms with Crippen LogP contribution in [0.5, 0.6) is 5.75 Å². The van der Waals surface area contributed by atoms with Crippen LogP contribution in [0.2, 0.25) is 0 Å². The van der Waals surface area contributed by atoms with Crippen LogP contribution >= 0.6 is 0 Å². The van der Waals surface area contributed by atoms with Crippen LogP contribution in [0.25, 0.3) is 11.1 Å². The minimum absolute atomic E-state index is 0.0112. The number of unbranched alkanes of at least 4 members (excludes halogenated alkanes) is 6. The van der Waals surface area contributed by atoms with E-state index in [9.17, 15) is 8.78 Å². The quantitative estimate of drug-likeness (QED) is 0.198. The van der Waals surface area contributed by atoms with E-state index >= 15 is 0 Å². The zero-order valence-corrected chi connectivity index (χ0v) is 21.0. The molecule has 1 fully saturated rings. The van der Waals surface area contributed by atoms with E-state index in [1.807, 2.05) is 18.2 Å². The SMILES string of the molecule is C=CCCC1CCC(c2ccc(-c3ccc(OCCCCCCCCC)c(F)c3F)cc2)CC1. The lowest BCUT2D eigenvalue weighted by Crippen LogP contribution is -2.13. The van der Waals surface area contributed by atoms with Crippen molar-refractivity contribution in [3.05, 3.63) is 66.3 Å². The maximum Gasteiger partial charge on any atom is 0.201 e. The molecule has 0 atom stereocenters. The van der Waals surface area contributed by atoms with Gasteiger partial charge in [0, 0.05) is 5.56 Å². The second-order valence-electron chi connectivity index (χ2n) is 9.91. The van der Waals surface area contributed by atoms with E-state index in [2.05, 4.69) is 25.6 Å². The van der Waals surface area contributed by atoms with Crippen LogP contribution in [0.15, 0.2) is 49.1 Å². The second kappa shape index (κ2) is 14.3. The first-order valence-corrected chi connectivity index (χ1v) is 13.5. The Morgan fingerprint density at radius 3 is 2.21 bits per heavy atom.